The lowest BCUT2D eigenvalue weighted by molar-refractivity contribution is -0.118. The summed E-state index contributed by atoms with van der Waals surface area (Å²) in [5.41, 5.74) is 5.72. The lowest BCUT2D eigenvalue weighted by Gasteiger charge is -2.12. The van der Waals surface area contributed by atoms with E-state index in [0.29, 0.717) is 16.9 Å². The summed E-state index contributed by atoms with van der Waals surface area (Å²) in [6, 6.07) is 13.5. The van der Waals surface area contributed by atoms with E-state index in [1.54, 1.807) is 11.5 Å². The first kappa shape index (κ1) is 24.2. The largest absolute Gasteiger partial charge is 0.478 e. The molecule has 0 aliphatic rings. The number of nitrogens with zero attached hydrogens (tertiary/aromatic N) is 3. The van der Waals surface area contributed by atoms with Gasteiger partial charge in [-0.05, 0) is 50.2 Å². The number of fused-ring (bicyclic) bond motifs is 1. The molecule has 4 aromatic rings. The number of aromatic carboxylic acids is 2. The fourth-order valence-corrected chi connectivity index (χ4v) is 5.41. The van der Waals surface area contributed by atoms with Crippen molar-refractivity contribution in [2.24, 2.45) is 5.10 Å². The van der Waals surface area contributed by atoms with E-state index in [1.807, 2.05) is 37.3 Å². The zero-order valence-corrected chi connectivity index (χ0v) is 20.3. The Hall–Kier alpha value is -3.96. The lowest BCUT2D eigenvalue weighted by atomic mass is 10.1. The number of thioether (sulfide) groups is 1. The van der Waals surface area contributed by atoms with Crippen LogP contribution in [0.15, 0.2) is 58.0 Å². The van der Waals surface area contributed by atoms with E-state index in [9.17, 15) is 24.6 Å². The third kappa shape index (κ3) is 5.42. The Morgan fingerprint density at radius 2 is 1.77 bits per heavy atom. The zero-order valence-electron chi connectivity index (χ0n) is 18.7. The summed E-state index contributed by atoms with van der Waals surface area (Å²) < 4.78 is 3.61. The highest BCUT2D eigenvalue weighted by Gasteiger charge is 2.16. The number of carboxylic acids is 2. The number of carbonyl (C=O) groups excluding carboxylic acids is 1. The third-order valence-corrected chi connectivity index (χ3v) is 7.31. The Bertz CT molecular complexity index is 1420. The summed E-state index contributed by atoms with van der Waals surface area (Å²) in [6.07, 6.45) is 1.50. The van der Waals surface area contributed by atoms with Gasteiger partial charge in [-0.25, -0.2) is 20.0 Å². The highest BCUT2D eigenvalue weighted by atomic mass is 32.2. The SMILES string of the molecule is Cc1cc(/C=N/NC(=O)CSc2nc3ccccc3s2)c(C)n1-c1cc(C(=O)O)cc(C(=O)O)c1. The fourth-order valence-electron chi connectivity index (χ4n) is 3.55. The Morgan fingerprint density at radius 1 is 1.09 bits per heavy atom. The maximum atomic E-state index is 12.2. The first-order valence-corrected chi connectivity index (χ1v) is 12.1. The van der Waals surface area contributed by atoms with Crippen molar-refractivity contribution in [2.75, 3.05) is 5.75 Å². The first-order valence-electron chi connectivity index (χ1n) is 10.3. The van der Waals surface area contributed by atoms with Gasteiger partial charge in [-0.1, -0.05) is 23.9 Å². The minimum atomic E-state index is -1.22. The number of hydrazone groups is 1. The second-order valence-corrected chi connectivity index (χ2v) is 9.82. The van der Waals surface area contributed by atoms with E-state index in [-0.39, 0.29) is 22.8 Å². The minimum absolute atomic E-state index is 0.125. The highest BCUT2D eigenvalue weighted by Crippen LogP contribution is 2.29. The van der Waals surface area contributed by atoms with E-state index < -0.39 is 11.9 Å². The number of thiazole rings is 1. The number of para-hydroxylation sites is 1. The third-order valence-electron chi connectivity index (χ3n) is 5.13. The van der Waals surface area contributed by atoms with Gasteiger partial charge in [-0.15, -0.1) is 11.3 Å². The second kappa shape index (κ2) is 10.1. The van der Waals surface area contributed by atoms with Gasteiger partial charge in [-0.2, -0.15) is 5.10 Å². The number of rotatable bonds is 8. The molecule has 0 unspecified atom stereocenters. The molecular formula is C24H20N4O5S2. The van der Waals surface area contributed by atoms with Gasteiger partial charge in [0.25, 0.3) is 5.91 Å². The number of amides is 1. The number of benzene rings is 2. The molecule has 2 heterocycles. The van der Waals surface area contributed by atoms with Gasteiger partial charge in [-0.3, -0.25) is 4.79 Å². The molecular weight excluding hydrogens is 488 g/mol. The van der Waals surface area contributed by atoms with Gasteiger partial charge in [0, 0.05) is 22.6 Å². The molecule has 0 fully saturated rings. The van der Waals surface area contributed by atoms with Crippen LogP contribution in [0.2, 0.25) is 0 Å². The maximum absolute atomic E-state index is 12.2. The average molecular weight is 509 g/mol. The molecule has 2 aromatic heterocycles. The Kier molecular flexibility index (Phi) is 6.99. The van der Waals surface area contributed by atoms with Crippen LogP contribution in [-0.2, 0) is 4.79 Å². The van der Waals surface area contributed by atoms with Crippen LogP contribution in [0.25, 0.3) is 15.9 Å². The van der Waals surface area contributed by atoms with Crippen molar-refractivity contribution in [1.82, 2.24) is 15.0 Å². The molecule has 0 aliphatic carbocycles. The molecule has 0 bridgehead atoms. The van der Waals surface area contributed by atoms with Crippen molar-refractivity contribution in [3.8, 4) is 5.69 Å². The van der Waals surface area contributed by atoms with Crippen molar-refractivity contribution in [1.29, 1.82) is 0 Å². The predicted molar refractivity (Wildman–Crippen MR) is 135 cm³/mol. The molecule has 178 valence electrons. The van der Waals surface area contributed by atoms with Crippen LogP contribution in [0.3, 0.4) is 0 Å². The highest BCUT2D eigenvalue weighted by molar-refractivity contribution is 8.01. The van der Waals surface area contributed by atoms with Crippen molar-refractivity contribution in [3.63, 3.8) is 0 Å². The maximum Gasteiger partial charge on any atom is 0.335 e. The molecule has 0 saturated carbocycles. The lowest BCUT2D eigenvalue weighted by Crippen LogP contribution is -2.19. The number of aromatic nitrogens is 2. The number of hydrogen-bond donors (Lipinski definition) is 3. The van der Waals surface area contributed by atoms with Gasteiger partial charge in [0.15, 0.2) is 4.34 Å². The van der Waals surface area contributed by atoms with E-state index in [4.69, 9.17) is 0 Å². The molecule has 4 rings (SSSR count). The second-order valence-electron chi connectivity index (χ2n) is 7.57. The normalized spacial score (nSPS) is 11.3. The number of carbonyl (C=O) groups is 3. The number of carboxylic acid groups (broad SMARTS) is 2. The van der Waals surface area contributed by atoms with Crippen molar-refractivity contribution >= 4 is 57.4 Å². The Balaban J connectivity index is 1.46. The summed E-state index contributed by atoms with van der Waals surface area (Å²) in [5.74, 6) is -2.55. The van der Waals surface area contributed by atoms with Crippen LogP contribution >= 0.6 is 23.1 Å². The standard InChI is InChI=1S/C24H20N4O5S2/c1-13-7-17(14(2)28(13)18-9-15(22(30)31)8-16(10-18)23(32)33)11-25-27-21(29)12-34-24-26-19-5-3-4-6-20(19)35-24/h3-11H,12H2,1-2H3,(H,27,29)(H,30,31)(H,32,33)/b25-11+. The molecule has 0 saturated heterocycles. The molecule has 9 nitrogen and oxygen atoms in total. The molecule has 0 spiro atoms. The molecule has 0 aliphatic heterocycles. The van der Waals surface area contributed by atoms with E-state index in [0.717, 1.165) is 26.3 Å². The first-order chi connectivity index (χ1) is 16.7. The Morgan fingerprint density at radius 3 is 2.43 bits per heavy atom. The zero-order chi connectivity index (χ0) is 25.1. The quantitative estimate of drug-likeness (QED) is 0.183. The summed E-state index contributed by atoms with van der Waals surface area (Å²) >= 11 is 2.86. The van der Waals surface area contributed by atoms with Gasteiger partial charge >= 0.3 is 11.9 Å². The molecule has 2 aromatic carbocycles. The van der Waals surface area contributed by atoms with Crippen LogP contribution in [-0.4, -0.2) is 49.6 Å². The number of aryl methyl sites for hydroxylation is 1. The van der Waals surface area contributed by atoms with Crippen molar-refractivity contribution < 1.29 is 24.6 Å². The van der Waals surface area contributed by atoms with Crippen LogP contribution in [0, 0.1) is 13.8 Å². The predicted octanol–water partition coefficient (Wildman–Crippen LogP) is 4.34. The summed E-state index contributed by atoms with van der Waals surface area (Å²) in [4.78, 5) is 39.6. The topological polar surface area (TPSA) is 134 Å². The fraction of sp³-hybridized carbons (Fsp3) is 0.125. The van der Waals surface area contributed by atoms with E-state index in [1.165, 1.54) is 41.4 Å². The molecule has 0 radical (unpaired) electrons. The molecule has 3 N–H and O–H groups in total. The van der Waals surface area contributed by atoms with Gasteiger partial charge in [0.1, 0.15) is 0 Å². The molecule has 0 atom stereocenters. The van der Waals surface area contributed by atoms with Gasteiger partial charge in [0.2, 0.25) is 0 Å². The van der Waals surface area contributed by atoms with Crippen molar-refractivity contribution in [2.45, 2.75) is 18.2 Å². The van der Waals surface area contributed by atoms with Crippen LogP contribution < -0.4 is 5.43 Å². The molecule has 35 heavy (non-hydrogen) atoms. The average Bonchev–Trinajstić information content (AvgIpc) is 3.37. The molecule has 1 amide bonds. The van der Waals surface area contributed by atoms with E-state index in [2.05, 4.69) is 15.5 Å². The van der Waals surface area contributed by atoms with Crippen LogP contribution in [0.1, 0.15) is 37.7 Å². The number of hydrogen-bond acceptors (Lipinski definition) is 7. The van der Waals surface area contributed by atoms with Gasteiger partial charge in [0.05, 0.1) is 33.3 Å². The minimum Gasteiger partial charge on any atom is -0.478 e. The summed E-state index contributed by atoms with van der Waals surface area (Å²) in [5, 5.41) is 22.8. The van der Waals surface area contributed by atoms with Gasteiger partial charge < -0.3 is 14.8 Å². The smallest absolute Gasteiger partial charge is 0.335 e. The Labute approximate surface area is 208 Å². The number of nitrogens with one attached hydrogen (secondary N) is 1. The summed E-state index contributed by atoms with van der Waals surface area (Å²) in [7, 11) is 0. The van der Waals surface area contributed by atoms with Crippen molar-refractivity contribution in [3.05, 3.63) is 76.6 Å². The monoisotopic (exact) mass is 508 g/mol. The molecule has 11 heteroatoms. The van der Waals surface area contributed by atoms with E-state index >= 15 is 0 Å². The van der Waals surface area contributed by atoms with Crippen LogP contribution in [0.5, 0.6) is 0 Å². The summed E-state index contributed by atoms with van der Waals surface area (Å²) in [6.45, 7) is 3.61. The van der Waals surface area contributed by atoms with Crippen LogP contribution in [0.4, 0.5) is 0 Å².